The topological polar surface area (TPSA) is 68.3 Å². The van der Waals surface area contributed by atoms with Gasteiger partial charge in [0.25, 0.3) is 0 Å². The van der Waals surface area contributed by atoms with Crippen molar-refractivity contribution in [1.82, 2.24) is 0 Å². The molecule has 0 radical (unpaired) electrons. The van der Waals surface area contributed by atoms with Crippen molar-refractivity contribution >= 4 is 5.84 Å². The van der Waals surface area contributed by atoms with Crippen LogP contribution in [0.2, 0.25) is 0 Å². The number of aryl methyl sites for hydroxylation is 1. The first-order valence-corrected chi connectivity index (χ1v) is 12.9. The van der Waals surface area contributed by atoms with Gasteiger partial charge in [-0.05, 0) is 52.4 Å². The Balaban J connectivity index is 1.35. The van der Waals surface area contributed by atoms with Crippen LogP contribution in [-0.2, 0) is 11.8 Å². The van der Waals surface area contributed by atoms with Crippen molar-refractivity contribution in [2.45, 2.75) is 39.0 Å². The predicted molar refractivity (Wildman–Crippen MR) is 153 cm³/mol. The molecule has 0 aliphatic heterocycles. The molecule has 0 bridgehead atoms. The lowest BCUT2D eigenvalue weighted by atomic mass is 9.77. The van der Waals surface area contributed by atoms with E-state index in [2.05, 4.69) is 69.3 Å². The summed E-state index contributed by atoms with van der Waals surface area (Å²) in [5.74, 6) is 1.81. The van der Waals surface area contributed by atoms with Crippen LogP contribution in [-0.4, -0.2) is 19.0 Å². The maximum atomic E-state index is 7.52. The van der Waals surface area contributed by atoms with E-state index in [1.807, 2.05) is 48.5 Å². The highest BCUT2D eigenvalue weighted by Gasteiger charge is 2.24. The molecule has 0 saturated carbocycles. The highest BCUT2D eigenvalue weighted by atomic mass is 16.5. The maximum Gasteiger partial charge on any atom is 0.122 e. The summed E-state index contributed by atoms with van der Waals surface area (Å²) in [6, 6.07) is 32.9. The molecule has 0 unspecified atom stereocenters. The molecule has 4 aromatic rings. The summed E-state index contributed by atoms with van der Waals surface area (Å²) in [5.41, 5.74) is 12.2. The average molecular weight is 493 g/mol. The van der Waals surface area contributed by atoms with Gasteiger partial charge >= 0.3 is 0 Å². The Bertz CT molecular complexity index is 1310. The molecule has 0 aliphatic rings. The largest absolute Gasteiger partial charge is 0.490 e. The second-order valence-corrected chi connectivity index (χ2v) is 9.78. The minimum absolute atomic E-state index is 0.0753. The molecule has 4 nitrogen and oxygen atoms in total. The molecule has 0 spiro atoms. The van der Waals surface area contributed by atoms with Crippen LogP contribution in [0.15, 0.2) is 97.1 Å². The Morgan fingerprint density at radius 2 is 1.38 bits per heavy atom. The molecule has 0 aliphatic carbocycles. The lowest BCUT2D eigenvalue weighted by molar-refractivity contribution is 0.216. The van der Waals surface area contributed by atoms with Crippen LogP contribution < -0.4 is 15.2 Å². The van der Waals surface area contributed by atoms with Crippen molar-refractivity contribution in [1.29, 1.82) is 5.41 Å². The molecule has 0 saturated heterocycles. The zero-order valence-electron chi connectivity index (χ0n) is 22.0. The number of nitrogen functional groups attached to an aromatic ring is 1. The summed E-state index contributed by atoms with van der Waals surface area (Å²) in [6.07, 6.45) is 2.04. The molecule has 0 atom stereocenters. The zero-order valence-corrected chi connectivity index (χ0v) is 22.0. The number of benzene rings is 4. The van der Waals surface area contributed by atoms with E-state index in [1.54, 1.807) is 0 Å². The van der Waals surface area contributed by atoms with Gasteiger partial charge in [-0.3, -0.25) is 5.41 Å². The number of hydrogen-bond acceptors (Lipinski definition) is 3. The fourth-order valence-corrected chi connectivity index (χ4v) is 4.49. The number of amidine groups is 1. The minimum Gasteiger partial charge on any atom is -0.490 e. The standard InChI is InChI=1S/C33H36N2O2/c1-4-8-27-23-29(33(2,3)28-9-6-5-7-10-28)17-20-31(27)37-22-21-36-30-18-15-25(16-19-30)24-11-13-26(14-12-24)32(34)35/h5-7,9-20,23H,4,8,21-22H2,1-3H3,(H3,34,35). The Hall–Kier alpha value is -4.05. The van der Waals surface area contributed by atoms with Gasteiger partial charge in [0.05, 0.1) is 0 Å². The molecule has 4 rings (SSSR count). The second kappa shape index (κ2) is 11.8. The van der Waals surface area contributed by atoms with Gasteiger partial charge in [-0.2, -0.15) is 0 Å². The van der Waals surface area contributed by atoms with Gasteiger partial charge in [-0.1, -0.05) is 106 Å². The van der Waals surface area contributed by atoms with E-state index in [0.29, 0.717) is 13.2 Å². The van der Waals surface area contributed by atoms with E-state index in [0.717, 1.165) is 41.0 Å². The maximum absolute atomic E-state index is 7.52. The van der Waals surface area contributed by atoms with Crippen molar-refractivity contribution in [2.75, 3.05) is 13.2 Å². The molecule has 4 aromatic carbocycles. The third-order valence-corrected chi connectivity index (χ3v) is 6.79. The molecule has 0 amide bonds. The summed E-state index contributed by atoms with van der Waals surface area (Å²) in [7, 11) is 0. The predicted octanol–water partition coefficient (Wildman–Crippen LogP) is 7.37. The molecule has 4 heteroatoms. The van der Waals surface area contributed by atoms with E-state index < -0.39 is 0 Å². The number of ether oxygens (including phenoxy) is 2. The van der Waals surface area contributed by atoms with Gasteiger partial charge in [-0.15, -0.1) is 0 Å². The summed E-state index contributed by atoms with van der Waals surface area (Å²) in [4.78, 5) is 0. The van der Waals surface area contributed by atoms with E-state index in [4.69, 9.17) is 20.6 Å². The third kappa shape index (κ3) is 6.39. The van der Waals surface area contributed by atoms with Crippen LogP contribution in [0.25, 0.3) is 11.1 Å². The van der Waals surface area contributed by atoms with Crippen LogP contribution in [0.4, 0.5) is 0 Å². The van der Waals surface area contributed by atoms with Crippen molar-refractivity contribution in [2.24, 2.45) is 5.73 Å². The van der Waals surface area contributed by atoms with Gasteiger partial charge in [-0.25, -0.2) is 0 Å². The summed E-state index contributed by atoms with van der Waals surface area (Å²) < 4.78 is 12.1. The van der Waals surface area contributed by atoms with Gasteiger partial charge in [0.2, 0.25) is 0 Å². The lowest BCUT2D eigenvalue weighted by Crippen LogP contribution is -2.19. The van der Waals surface area contributed by atoms with E-state index in [1.165, 1.54) is 16.7 Å². The quantitative estimate of drug-likeness (QED) is 0.130. The fraction of sp³-hybridized carbons (Fsp3) is 0.242. The zero-order chi connectivity index (χ0) is 26.3. The molecule has 0 aromatic heterocycles. The fourth-order valence-electron chi connectivity index (χ4n) is 4.49. The minimum atomic E-state index is -0.0764. The smallest absolute Gasteiger partial charge is 0.122 e. The number of hydrogen-bond donors (Lipinski definition) is 2. The van der Waals surface area contributed by atoms with Crippen molar-refractivity contribution in [3.05, 3.63) is 119 Å². The molecule has 0 heterocycles. The third-order valence-electron chi connectivity index (χ3n) is 6.79. The molecule has 3 N–H and O–H groups in total. The molecule has 37 heavy (non-hydrogen) atoms. The molecule has 0 fully saturated rings. The van der Waals surface area contributed by atoms with Crippen molar-refractivity contribution < 1.29 is 9.47 Å². The highest BCUT2D eigenvalue weighted by Crippen LogP contribution is 2.34. The van der Waals surface area contributed by atoms with Crippen LogP contribution in [0.1, 0.15) is 49.4 Å². The van der Waals surface area contributed by atoms with Crippen LogP contribution in [0.5, 0.6) is 11.5 Å². The van der Waals surface area contributed by atoms with Crippen LogP contribution in [0, 0.1) is 5.41 Å². The van der Waals surface area contributed by atoms with Crippen LogP contribution >= 0.6 is 0 Å². The first kappa shape index (κ1) is 26.0. The monoisotopic (exact) mass is 492 g/mol. The van der Waals surface area contributed by atoms with Gasteiger partial charge in [0, 0.05) is 11.0 Å². The molecular formula is C33H36N2O2. The SMILES string of the molecule is CCCc1cc(C(C)(C)c2ccccc2)ccc1OCCOc1ccc(-c2ccc(C(=N)N)cc2)cc1. The normalized spacial score (nSPS) is 11.2. The van der Waals surface area contributed by atoms with E-state index in [-0.39, 0.29) is 11.3 Å². The first-order chi connectivity index (χ1) is 17.9. The van der Waals surface area contributed by atoms with Gasteiger partial charge in [0.15, 0.2) is 0 Å². The Kier molecular flexibility index (Phi) is 8.29. The summed E-state index contributed by atoms with van der Waals surface area (Å²) >= 11 is 0. The van der Waals surface area contributed by atoms with E-state index >= 15 is 0 Å². The Morgan fingerprint density at radius 3 is 2.00 bits per heavy atom. The van der Waals surface area contributed by atoms with Gasteiger partial charge < -0.3 is 15.2 Å². The van der Waals surface area contributed by atoms with Crippen molar-refractivity contribution in [3.8, 4) is 22.6 Å². The average Bonchev–Trinajstić information content (AvgIpc) is 2.92. The summed E-state index contributed by atoms with van der Waals surface area (Å²) in [6.45, 7) is 7.69. The highest BCUT2D eigenvalue weighted by molar-refractivity contribution is 5.95. The van der Waals surface area contributed by atoms with Crippen LogP contribution in [0.3, 0.4) is 0 Å². The number of nitrogens with one attached hydrogen (secondary N) is 1. The number of nitrogens with two attached hydrogens (primary N) is 1. The van der Waals surface area contributed by atoms with Crippen molar-refractivity contribution in [3.63, 3.8) is 0 Å². The van der Waals surface area contributed by atoms with E-state index in [9.17, 15) is 0 Å². The second-order valence-electron chi connectivity index (χ2n) is 9.78. The molecule has 190 valence electrons. The Labute approximate surface area is 220 Å². The Morgan fingerprint density at radius 1 is 0.757 bits per heavy atom. The van der Waals surface area contributed by atoms with Gasteiger partial charge in [0.1, 0.15) is 30.5 Å². The molecular weight excluding hydrogens is 456 g/mol. The lowest BCUT2D eigenvalue weighted by Gasteiger charge is -2.27. The number of rotatable bonds is 11. The first-order valence-electron chi connectivity index (χ1n) is 12.9. The summed E-state index contributed by atoms with van der Waals surface area (Å²) in [5, 5.41) is 7.52.